The van der Waals surface area contributed by atoms with Crippen LogP contribution in [0.25, 0.3) is 0 Å². The van der Waals surface area contributed by atoms with Crippen molar-refractivity contribution in [2.45, 2.75) is 69.0 Å². The first-order valence-electron chi connectivity index (χ1n) is 13.0. The Hall–Kier alpha value is -3.05. The molecule has 1 aliphatic rings. The number of aryl methyl sites for hydroxylation is 1. The van der Waals surface area contributed by atoms with E-state index in [0.29, 0.717) is 13.0 Å². The first-order chi connectivity index (χ1) is 17.6. The van der Waals surface area contributed by atoms with Crippen molar-refractivity contribution in [3.63, 3.8) is 0 Å². The highest BCUT2D eigenvalue weighted by molar-refractivity contribution is 8.00. The lowest BCUT2D eigenvalue weighted by Gasteiger charge is -2.33. The number of nitrogens with zero attached hydrogens (tertiary/aromatic N) is 1. The van der Waals surface area contributed by atoms with Crippen LogP contribution in [0.4, 0.5) is 0 Å². The van der Waals surface area contributed by atoms with Gasteiger partial charge in [0.1, 0.15) is 6.04 Å². The first kappa shape index (κ1) is 26.0. The maximum Gasteiger partial charge on any atom is 0.243 e. The Bertz CT molecular complexity index is 1110. The first-order valence-corrected chi connectivity index (χ1v) is 13.9. The molecule has 0 radical (unpaired) electrons. The third-order valence-corrected chi connectivity index (χ3v) is 7.93. The van der Waals surface area contributed by atoms with Crippen LogP contribution in [-0.2, 0) is 22.6 Å². The van der Waals surface area contributed by atoms with Gasteiger partial charge >= 0.3 is 0 Å². The monoisotopic (exact) mass is 500 g/mol. The van der Waals surface area contributed by atoms with Gasteiger partial charge in [-0.3, -0.25) is 9.59 Å². The minimum Gasteiger partial charge on any atom is -0.352 e. The van der Waals surface area contributed by atoms with Crippen molar-refractivity contribution < 1.29 is 9.59 Å². The Morgan fingerprint density at radius 1 is 0.889 bits per heavy atom. The SMILES string of the molecule is Cc1ccccc1CN(C(=O)CSc1ccccc1)[C@H](Cc1ccccc1)C(=O)NC1CCCCC1. The minimum atomic E-state index is -0.571. The van der Waals surface area contributed by atoms with Gasteiger partial charge in [0.05, 0.1) is 5.75 Å². The van der Waals surface area contributed by atoms with Crippen LogP contribution in [0.3, 0.4) is 0 Å². The van der Waals surface area contributed by atoms with Crippen LogP contribution in [0.15, 0.2) is 89.8 Å². The standard InChI is InChI=1S/C31H36N2O2S/c1-24-13-11-12-16-26(24)22-33(30(34)23-36-28-19-9-4-10-20-28)29(21-25-14-5-2-6-15-25)31(35)32-27-17-7-3-8-18-27/h2,4-6,9-16,19-20,27,29H,3,7-8,17-18,21-23H2,1H3,(H,32,35)/t29-/m1/s1. The van der Waals surface area contributed by atoms with Gasteiger partial charge in [0.15, 0.2) is 0 Å². The summed E-state index contributed by atoms with van der Waals surface area (Å²) in [6.45, 7) is 2.47. The van der Waals surface area contributed by atoms with Gasteiger partial charge in [0.2, 0.25) is 11.8 Å². The average molecular weight is 501 g/mol. The Kier molecular flexibility index (Phi) is 9.62. The van der Waals surface area contributed by atoms with Crippen molar-refractivity contribution in [2.24, 2.45) is 0 Å². The van der Waals surface area contributed by atoms with Gasteiger partial charge in [0.25, 0.3) is 0 Å². The summed E-state index contributed by atoms with van der Waals surface area (Å²) in [6.07, 6.45) is 6.04. The summed E-state index contributed by atoms with van der Waals surface area (Å²) in [7, 11) is 0. The summed E-state index contributed by atoms with van der Waals surface area (Å²) in [5.74, 6) is 0.224. The van der Waals surface area contributed by atoms with Crippen LogP contribution < -0.4 is 5.32 Å². The molecule has 1 fully saturated rings. The number of thioether (sulfide) groups is 1. The molecule has 188 valence electrons. The molecule has 2 amide bonds. The summed E-state index contributed by atoms with van der Waals surface area (Å²) in [5.41, 5.74) is 3.25. The third kappa shape index (κ3) is 7.47. The lowest BCUT2D eigenvalue weighted by atomic mass is 9.94. The zero-order valence-corrected chi connectivity index (χ0v) is 21.9. The number of carbonyl (C=O) groups excluding carboxylic acids is 2. The number of amides is 2. The number of nitrogens with one attached hydrogen (secondary N) is 1. The predicted molar refractivity (Wildman–Crippen MR) is 148 cm³/mol. The normalized spacial score (nSPS) is 14.7. The highest BCUT2D eigenvalue weighted by atomic mass is 32.2. The number of benzene rings is 3. The van der Waals surface area contributed by atoms with E-state index in [1.165, 1.54) is 18.2 Å². The molecule has 36 heavy (non-hydrogen) atoms. The Balaban J connectivity index is 1.61. The summed E-state index contributed by atoms with van der Waals surface area (Å²) in [4.78, 5) is 30.4. The van der Waals surface area contributed by atoms with Crippen molar-refractivity contribution in [3.05, 3.63) is 102 Å². The van der Waals surface area contributed by atoms with E-state index in [4.69, 9.17) is 0 Å². The molecule has 1 aliphatic carbocycles. The lowest BCUT2D eigenvalue weighted by molar-refractivity contribution is -0.139. The molecule has 0 bridgehead atoms. The van der Waals surface area contributed by atoms with Crippen LogP contribution in [0.5, 0.6) is 0 Å². The van der Waals surface area contributed by atoms with E-state index in [1.54, 1.807) is 0 Å². The van der Waals surface area contributed by atoms with E-state index in [9.17, 15) is 9.59 Å². The molecule has 0 aromatic heterocycles. The number of rotatable bonds is 10. The van der Waals surface area contributed by atoms with Crippen LogP contribution in [0.1, 0.15) is 48.8 Å². The van der Waals surface area contributed by atoms with Gasteiger partial charge in [0, 0.05) is 23.9 Å². The molecule has 1 saturated carbocycles. The van der Waals surface area contributed by atoms with Crippen molar-refractivity contribution in [1.82, 2.24) is 10.2 Å². The van der Waals surface area contributed by atoms with E-state index >= 15 is 0 Å². The van der Waals surface area contributed by atoms with Crippen LogP contribution in [0.2, 0.25) is 0 Å². The molecule has 4 nitrogen and oxygen atoms in total. The molecule has 0 spiro atoms. The maximum atomic E-state index is 13.8. The third-order valence-electron chi connectivity index (χ3n) is 6.93. The van der Waals surface area contributed by atoms with Crippen LogP contribution in [-0.4, -0.2) is 34.6 Å². The molecular weight excluding hydrogens is 464 g/mol. The largest absolute Gasteiger partial charge is 0.352 e. The van der Waals surface area contributed by atoms with Crippen LogP contribution >= 0.6 is 11.8 Å². The Morgan fingerprint density at radius 2 is 1.53 bits per heavy atom. The molecule has 0 aliphatic heterocycles. The predicted octanol–water partition coefficient (Wildman–Crippen LogP) is 6.18. The van der Waals surface area contributed by atoms with Gasteiger partial charge in [-0.05, 0) is 48.6 Å². The van der Waals surface area contributed by atoms with E-state index in [2.05, 4.69) is 24.4 Å². The van der Waals surface area contributed by atoms with Crippen molar-refractivity contribution >= 4 is 23.6 Å². The fourth-order valence-electron chi connectivity index (χ4n) is 4.81. The molecule has 0 saturated heterocycles. The maximum absolute atomic E-state index is 13.8. The second kappa shape index (κ2) is 13.3. The molecule has 3 aromatic rings. The average Bonchev–Trinajstić information content (AvgIpc) is 2.92. The highest BCUT2D eigenvalue weighted by Gasteiger charge is 2.32. The fraction of sp³-hybridized carbons (Fsp3) is 0.355. The summed E-state index contributed by atoms with van der Waals surface area (Å²) >= 11 is 1.52. The number of hydrogen-bond donors (Lipinski definition) is 1. The molecule has 1 atom stereocenters. The van der Waals surface area contributed by atoms with Gasteiger partial charge in [-0.25, -0.2) is 0 Å². The molecule has 3 aromatic carbocycles. The van der Waals surface area contributed by atoms with Gasteiger partial charge in [-0.15, -0.1) is 11.8 Å². The quantitative estimate of drug-likeness (QED) is 0.338. The van der Waals surface area contributed by atoms with E-state index in [0.717, 1.165) is 47.3 Å². The molecular formula is C31H36N2O2S. The molecule has 4 rings (SSSR count). The molecule has 5 heteroatoms. The van der Waals surface area contributed by atoms with Crippen molar-refractivity contribution in [2.75, 3.05) is 5.75 Å². The van der Waals surface area contributed by atoms with Crippen molar-refractivity contribution in [3.8, 4) is 0 Å². The molecule has 0 unspecified atom stereocenters. The van der Waals surface area contributed by atoms with Gasteiger partial charge < -0.3 is 10.2 Å². The highest BCUT2D eigenvalue weighted by Crippen LogP contribution is 2.23. The summed E-state index contributed by atoms with van der Waals surface area (Å²) in [6, 6.07) is 27.7. The number of hydrogen-bond acceptors (Lipinski definition) is 3. The van der Waals surface area contributed by atoms with Crippen LogP contribution in [0, 0.1) is 6.92 Å². The molecule has 0 heterocycles. The van der Waals surface area contributed by atoms with E-state index in [-0.39, 0.29) is 23.6 Å². The second-order valence-corrected chi connectivity index (χ2v) is 10.6. The van der Waals surface area contributed by atoms with E-state index < -0.39 is 6.04 Å². The lowest BCUT2D eigenvalue weighted by Crippen LogP contribution is -2.53. The zero-order valence-electron chi connectivity index (χ0n) is 21.1. The van der Waals surface area contributed by atoms with Crippen molar-refractivity contribution in [1.29, 1.82) is 0 Å². The second-order valence-electron chi connectivity index (χ2n) is 9.60. The summed E-state index contributed by atoms with van der Waals surface area (Å²) in [5, 5.41) is 3.31. The van der Waals surface area contributed by atoms with Gasteiger partial charge in [-0.1, -0.05) is 92.1 Å². The van der Waals surface area contributed by atoms with E-state index in [1.807, 2.05) is 77.7 Å². The Morgan fingerprint density at radius 3 is 2.22 bits per heavy atom. The molecule has 1 N–H and O–H groups in total. The van der Waals surface area contributed by atoms with Gasteiger partial charge in [-0.2, -0.15) is 0 Å². The smallest absolute Gasteiger partial charge is 0.243 e. The number of carbonyl (C=O) groups is 2. The topological polar surface area (TPSA) is 49.4 Å². The fourth-order valence-corrected chi connectivity index (χ4v) is 5.62. The summed E-state index contributed by atoms with van der Waals surface area (Å²) < 4.78 is 0. The minimum absolute atomic E-state index is 0.0215. The Labute approximate surface area is 219 Å². The zero-order chi connectivity index (χ0) is 25.2.